The number of aryl methyl sites for hydroxylation is 1. The van der Waals surface area contributed by atoms with Gasteiger partial charge >= 0.3 is 5.97 Å². The second kappa shape index (κ2) is 6.25. The van der Waals surface area contributed by atoms with Crippen LogP contribution in [0.4, 0.5) is 0 Å². The van der Waals surface area contributed by atoms with E-state index in [2.05, 4.69) is 4.98 Å². The summed E-state index contributed by atoms with van der Waals surface area (Å²) in [5.41, 5.74) is 0.574. The average Bonchev–Trinajstić information content (AvgIpc) is 3.15. The molecule has 3 aromatic heterocycles. The summed E-state index contributed by atoms with van der Waals surface area (Å²) in [6.07, 6.45) is 1.38. The number of nitrogens with zero attached hydrogens (tertiary/aromatic N) is 2. The Bertz CT molecular complexity index is 909. The Morgan fingerprint density at radius 3 is 2.83 bits per heavy atom. The Kier molecular flexibility index (Phi) is 4.32. The van der Waals surface area contributed by atoms with Crippen molar-refractivity contribution in [1.29, 1.82) is 0 Å². The van der Waals surface area contributed by atoms with Gasteiger partial charge in [0.15, 0.2) is 0 Å². The first-order valence-corrected chi connectivity index (χ1v) is 9.09. The molecule has 0 spiro atoms. The Morgan fingerprint density at radius 1 is 1.43 bits per heavy atom. The number of carbonyl (C=O) groups is 1. The zero-order valence-electron chi connectivity index (χ0n) is 12.8. The van der Waals surface area contributed by atoms with Crippen molar-refractivity contribution in [2.75, 3.05) is 0 Å². The van der Waals surface area contributed by atoms with Crippen LogP contribution in [0.3, 0.4) is 0 Å². The van der Waals surface area contributed by atoms with E-state index in [0.29, 0.717) is 22.5 Å². The molecule has 120 valence electrons. The quantitative estimate of drug-likeness (QED) is 0.761. The molecule has 7 heteroatoms. The van der Waals surface area contributed by atoms with E-state index in [0.717, 1.165) is 16.9 Å². The number of aromatic nitrogens is 2. The number of rotatable bonds is 5. The number of thiophene rings is 2. The molecule has 1 atom stereocenters. The van der Waals surface area contributed by atoms with Crippen LogP contribution >= 0.6 is 22.7 Å². The first-order chi connectivity index (χ1) is 11.0. The highest BCUT2D eigenvalue weighted by atomic mass is 32.1. The van der Waals surface area contributed by atoms with Gasteiger partial charge < -0.3 is 5.11 Å². The van der Waals surface area contributed by atoms with Gasteiger partial charge in [-0.1, -0.05) is 13.0 Å². The maximum atomic E-state index is 13.0. The predicted molar refractivity (Wildman–Crippen MR) is 93.5 cm³/mol. The number of carboxylic acid groups (broad SMARTS) is 1. The summed E-state index contributed by atoms with van der Waals surface area (Å²) in [5, 5.41) is 13.7. The zero-order valence-corrected chi connectivity index (χ0v) is 14.4. The van der Waals surface area contributed by atoms with Crippen molar-refractivity contribution in [3.8, 4) is 10.4 Å². The minimum Gasteiger partial charge on any atom is -0.480 e. The van der Waals surface area contributed by atoms with E-state index < -0.39 is 12.0 Å². The highest BCUT2D eigenvalue weighted by molar-refractivity contribution is 7.18. The summed E-state index contributed by atoms with van der Waals surface area (Å²) in [5.74, 6) is -0.488. The van der Waals surface area contributed by atoms with Crippen LogP contribution in [0.15, 0.2) is 27.7 Å². The minimum atomic E-state index is -1.03. The first-order valence-electron chi connectivity index (χ1n) is 7.33. The fourth-order valence-corrected chi connectivity index (χ4v) is 4.34. The van der Waals surface area contributed by atoms with Crippen LogP contribution in [-0.4, -0.2) is 20.6 Å². The summed E-state index contributed by atoms with van der Waals surface area (Å²) in [7, 11) is 0. The molecule has 0 radical (unpaired) electrons. The van der Waals surface area contributed by atoms with Crippen LogP contribution in [0.1, 0.15) is 32.1 Å². The van der Waals surface area contributed by atoms with Crippen molar-refractivity contribution in [2.45, 2.75) is 32.7 Å². The standard InChI is InChI=1S/C16H16N2O3S2/c1-3-5-12-17-14-13(15(19)18(12)9(2)16(20)21)10(8-23-14)11-6-4-7-22-11/h4,6-9H,3,5H2,1-2H3,(H,20,21). The van der Waals surface area contributed by atoms with Gasteiger partial charge in [-0.2, -0.15) is 0 Å². The Balaban J connectivity index is 2.33. The van der Waals surface area contributed by atoms with Crippen LogP contribution in [0.2, 0.25) is 0 Å². The summed E-state index contributed by atoms with van der Waals surface area (Å²) >= 11 is 2.98. The average molecular weight is 348 g/mol. The van der Waals surface area contributed by atoms with Crippen molar-refractivity contribution in [1.82, 2.24) is 9.55 Å². The molecule has 3 heterocycles. The molecule has 3 rings (SSSR count). The van der Waals surface area contributed by atoms with E-state index in [9.17, 15) is 14.7 Å². The van der Waals surface area contributed by atoms with Gasteiger partial charge in [0, 0.05) is 22.2 Å². The monoisotopic (exact) mass is 348 g/mol. The van der Waals surface area contributed by atoms with Crippen molar-refractivity contribution >= 4 is 38.9 Å². The third-order valence-electron chi connectivity index (χ3n) is 3.72. The molecule has 5 nitrogen and oxygen atoms in total. The van der Waals surface area contributed by atoms with Gasteiger partial charge in [0.05, 0.1) is 5.39 Å². The smallest absolute Gasteiger partial charge is 0.326 e. The SMILES string of the molecule is CCCc1nc2scc(-c3cccs3)c2c(=O)n1C(C)C(=O)O. The van der Waals surface area contributed by atoms with Gasteiger partial charge in [-0.15, -0.1) is 22.7 Å². The lowest BCUT2D eigenvalue weighted by molar-refractivity contribution is -0.140. The Morgan fingerprint density at radius 2 is 2.22 bits per heavy atom. The van der Waals surface area contributed by atoms with Gasteiger partial charge in [-0.25, -0.2) is 9.78 Å². The third kappa shape index (κ3) is 2.70. The maximum absolute atomic E-state index is 13.0. The highest BCUT2D eigenvalue weighted by Crippen LogP contribution is 2.34. The lowest BCUT2D eigenvalue weighted by Crippen LogP contribution is -2.31. The van der Waals surface area contributed by atoms with Crippen LogP contribution in [0.5, 0.6) is 0 Å². The van der Waals surface area contributed by atoms with E-state index in [1.54, 1.807) is 11.3 Å². The molecule has 0 saturated carbocycles. The van der Waals surface area contributed by atoms with Crippen LogP contribution in [0.25, 0.3) is 20.7 Å². The highest BCUT2D eigenvalue weighted by Gasteiger charge is 2.23. The van der Waals surface area contributed by atoms with Crippen LogP contribution in [0, 0.1) is 0 Å². The zero-order chi connectivity index (χ0) is 16.6. The first kappa shape index (κ1) is 15.9. The summed E-state index contributed by atoms with van der Waals surface area (Å²) in [6, 6.07) is 2.95. The number of carboxylic acids is 1. The molecule has 0 fully saturated rings. The lowest BCUT2D eigenvalue weighted by atomic mass is 10.2. The number of hydrogen-bond donors (Lipinski definition) is 1. The van der Waals surface area contributed by atoms with Crippen LogP contribution < -0.4 is 5.56 Å². The minimum absolute atomic E-state index is 0.266. The molecular formula is C16H16N2O3S2. The molecule has 1 unspecified atom stereocenters. The largest absolute Gasteiger partial charge is 0.480 e. The van der Waals surface area contributed by atoms with Crippen molar-refractivity contribution < 1.29 is 9.90 Å². The maximum Gasteiger partial charge on any atom is 0.326 e. The molecule has 23 heavy (non-hydrogen) atoms. The molecule has 1 N–H and O–H groups in total. The molecule has 0 aliphatic heterocycles. The molecule has 0 aliphatic carbocycles. The second-order valence-electron chi connectivity index (χ2n) is 5.27. The molecule has 0 aromatic carbocycles. The number of aliphatic carboxylic acids is 1. The number of fused-ring (bicyclic) bond motifs is 1. The van der Waals surface area contributed by atoms with E-state index in [-0.39, 0.29) is 5.56 Å². The van der Waals surface area contributed by atoms with Gasteiger partial charge in [0.2, 0.25) is 0 Å². The third-order valence-corrected chi connectivity index (χ3v) is 5.49. The van der Waals surface area contributed by atoms with Gasteiger partial charge in [-0.3, -0.25) is 9.36 Å². The molecular weight excluding hydrogens is 332 g/mol. The Hall–Kier alpha value is -1.99. The van der Waals surface area contributed by atoms with Crippen molar-refractivity contribution in [3.05, 3.63) is 39.1 Å². The van der Waals surface area contributed by atoms with Gasteiger partial charge in [0.25, 0.3) is 5.56 Å². The van der Waals surface area contributed by atoms with E-state index in [4.69, 9.17) is 0 Å². The Labute approximate surface area is 140 Å². The summed E-state index contributed by atoms with van der Waals surface area (Å²) in [6.45, 7) is 3.51. The summed E-state index contributed by atoms with van der Waals surface area (Å²) in [4.78, 5) is 30.7. The fourth-order valence-electron chi connectivity index (χ4n) is 2.57. The van der Waals surface area contributed by atoms with E-state index in [1.807, 2.05) is 29.8 Å². The summed E-state index contributed by atoms with van der Waals surface area (Å²) < 4.78 is 1.33. The fraction of sp³-hybridized carbons (Fsp3) is 0.312. The van der Waals surface area contributed by atoms with Crippen LogP contribution in [-0.2, 0) is 11.2 Å². The number of hydrogen-bond acceptors (Lipinski definition) is 5. The molecule has 0 aliphatic rings. The van der Waals surface area contributed by atoms with Gasteiger partial charge in [-0.05, 0) is 24.8 Å². The van der Waals surface area contributed by atoms with Gasteiger partial charge in [0.1, 0.15) is 16.7 Å². The predicted octanol–water partition coefficient (Wildman–Crippen LogP) is 3.78. The van der Waals surface area contributed by atoms with E-state index in [1.165, 1.54) is 22.8 Å². The topological polar surface area (TPSA) is 72.2 Å². The lowest BCUT2D eigenvalue weighted by Gasteiger charge is -2.15. The van der Waals surface area contributed by atoms with Crippen molar-refractivity contribution in [3.63, 3.8) is 0 Å². The molecule has 0 amide bonds. The normalized spacial score (nSPS) is 12.6. The molecule has 3 aromatic rings. The van der Waals surface area contributed by atoms with Crippen molar-refractivity contribution in [2.24, 2.45) is 0 Å². The second-order valence-corrected chi connectivity index (χ2v) is 7.08. The molecule has 0 saturated heterocycles. The molecule has 0 bridgehead atoms. The van der Waals surface area contributed by atoms with E-state index >= 15 is 0 Å².